The van der Waals surface area contributed by atoms with Gasteiger partial charge in [-0.2, -0.15) is 0 Å². The molecule has 0 saturated carbocycles. The monoisotopic (exact) mass is 394 g/mol. The molecule has 0 spiro atoms. The van der Waals surface area contributed by atoms with Crippen LogP contribution in [-0.2, 0) is 4.74 Å². The minimum absolute atomic E-state index is 0. The molecule has 0 aliphatic carbocycles. The Morgan fingerprint density at radius 2 is 1.80 bits per heavy atom. The number of hydrogen-bond acceptors (Lipinski definition) is 5. The molecule has 1 saturated heterocycles. The molecule has 1 aliphatic rings. The predicted octanol–water partition coefficient (Wildman–Crippen LogP) is 2.84. The van der Waals surface area contributed by atoms with E-state index in [1.165, 1.54) is 0 Å². The molecule has 7 heteroatoms. The summed E-state index contributed by atoms with van der Waals surface area (Å²) in [5.41, 5.74) is 1.15. The first-order valence-corrected chi connectivity index (χ1v) is 8.60. The quantitative estimate of drug-likeness (QED) is 0.652. The van der Waals surface area contributed by atoms with Crippen molar-refractivity contribution in [3.05, 3.63) is 24.3 Å². The van der Waals surface area contributed by atoms with E-state index in [4.69, 9.17) is 9.47 Å². The van der Waals surface area contributed by atoms with Crippen LogP contribution in [0, 0.1) is 0 Å². The number of ether oxygens (including phenoxy) is 2. The van der Waals surface area contributed by atoms with Crippen molar-refractivity contribution >= 4 is 30.5 Å². The molecule has 5 nitrogen and oxygen atoms in total. The number of aliphatic hydroxyl groups is 1. The van der Waals surface area contributed by atoms with Crippen LogP contribution in [-0.4, -0.2) is 69.2 Å². The molecule has 1 aromatic carbocycles. The highest BCUT2D eigenvalue weighted by Gasteiger charge is 2.21. The van der Waals surface area contributed by atoms with Crippen LogP contribution in [0.3, 0.4) is 0 Å². The topological polar surface area (TPSA) is 45.2 Å². The zero-order valence-corrected chi connectivity index (χ0v) is 16.9. The fourth-order valence-corrected chi connectivity index (χ4v) is 2.88. The van der Waals surface area contributed by atoms with Crippen LogP contribution in [0.4, 0.5) is 5.69 Å². The van der Waals surface area contributed by atoms with Gasteiger partial charge >= 0.3 is 0 Å². The molecule has 0 amide bonds. The lowest BCUT2D eigenvalue weighted by atomic mass is 10.2. The highest BCUT2D eigenvalue weighted by atomic mass is 35.5. The Labute approximate surface area is 164 Å². The maximum atomic E-state index is 10.1. The second-order valence-electron chi connectivity index (χ2n) is 6.04. The summed E-state index contributed by atoms with van der Waals surface area (Å²) in [6.45, 7) is 7.80. The van der Waals surface area contributed by atoms with Gasteiger partial charge in [-0.25, -0.2) is 0 Å². The average molecular weight is 395 g/mol. The largest absolute Gasteiger partial charge is 0.495 e. The molecule has 0 aromatic heterocycles. The molecule has 1 atom stereocenters. The van der Waals surface area contributed by atoms with Crippen LogP contribution in [0.5, 0.6) is 5.75 Å². The zero-order valence-electron chi connectivity index (χ0n) is 15.2. The molecule has 25 heavy (non-hydrogen) atoms. The molecule has 2 rings (SSSR count). The number of nitrogens with zero attached hydrogens (tertiary/aromatic N) is 2. The van der Waals surface area contributed by atoms with Crippen molar-refractivity contribution in [2.75, 3.05) is 57.9 Å². The van der Waals surface area contributed by atoms with E-state index in [1.54, 1.807) is 7.11 Å². The Bertz CT molecular complexity index is 458. The highest BCUT2D eigenvalue weighted by molar-refractivity contribution is 5.85. The van der Waals surface area contributed by atoms with Gasteiger partial charge in [-0.05, 0) is 18.6 Å². The number of rotatable bonds is 9. The minimum atomic E-state index is -0.398. The number of hydrogen-bond donors (Lipinski definition) is 1. The Morgan fingerprint density at radius 3 is 2.44 bits per heavy atom. The van der Waals surface area contributed by atoms with Gasteiger partial charge in [0.15, 0.2) is 0 Å². The summed E-state index contributed by atoms with van der Waals surface area (Å²) >= 11 is 0. The zero-order chi connectivity index (χ0) is 16.5. The van der Waals surface area contributed by atoms with E-state index in [1.807, 2.05) is 18.2 Å². The molecule has 0 bridgehead atoms. The van der Waals surface area contributed by atoms with Crippen LogP contribution in [0.15, 0.2) is 24.3 Å². The number of aliphatic hydroxyl groups excluding tert-OH is 1. The SMILES string of the molecule is CCCCOCC(O)CN1CCN(c2ccccc2OC)CC1.Cl.Cl. The molecule has 1 fully saturated rings. The van der Waals surface area contributed by atoms with Crippen molar-refractivity contribution in [3.63, 3.8) is 0 Å². The van der Waals surface area contributed by atoms with Crippen molar-refractivity contribution in [1.82, 2.24) is 4.90 Å². The third-order valence-corrected chi connectivity index (χ3v) is 4.22. The van der Waals surface area contributed by atoms with E-state index in [0.29, 0.717) is 13.2 Å². The Hall–Kier alpha value is -0.720. The summed E-state index contributed by atoms with van der Waals surface area (Å²) in [5, 5.41) is 10.1. The van der Waals surface area contributed by atoms with E-state index < -0.39 is 6.10 Å². The number of anilines is 1. The number of halogens is 2. The first-order valence-electron chi connectivity index (χ1n) is 8.60. The van der Waals surface area contributed by atoms with Gasteiger partial charge in [0.1, 0.15) is 5.75 Å². The number of piperazine rings is 1. The van der Waals surface area contributed by atoms with E-state index in [9.17, 15) is 5.11 Å². The molecule has 0 radical (unpaired) electrons. The molecule has 1 aliphatic heterocycles. The lowest BCUT2D eigenvalue weighted by molar-refractivity contribution is 0.0150. The molecular formula is C18H32Cl2N2O3. The summed E-state index contributed by atoms with van der Waals surface area (Å²) in [6, 6.07) is 8.14. The van der Waals surface area contributed by atoms with Crippen molar-refractivity contribution in [2.24, 2.45) is 0 Å². The summed E-state index contributed by atoms with van der Waals surface area (Å²) in [7, 11) is 1.71. The van der Waals surface area contributed by atoms with Crippen molar-refractivity contribution in [1.29, 1.82) is 0 Å². The van der Waals surface area contributed by atoms with E-state index in [2.05, 4.69) is 22.8 Å². The minimum Gasteiger partial charge on any atom is -0.495 e. The molecule has 1 N–H and O–H groups in total. The van der Waals surface area contributed by atoms with E-state index in [-0.39, 0.29) is 24.8 Å². The molecule has 1 heterocycles. The lowest BCUT2D eigenvalue weighted by Crippen LogP contribution is -2.49. The van der Waals surface area contributed by atoms with Gasteiger partial charge in [0.2, 0.25) is 0 Å². The maximum Gasteiger partial charge on any atom is 0.142 e. The number of para-hydroxylation sites is 2. The third-order valence-electron chi connectivity index (χ3n) is 4.22. The Balaban J connectivity index is 0.00000288. The van der Waals surface area contributed by atoms with Crippen molar-refractivity contribution in [2.45, 2.75) is 25.9 Å². The van der Waals surface area contributed by atoms with Gasteiger partial charge in [-0.3, -0.25) is 4.90 Å². The average Bonchev–Trinajstić information content (AvgIpc) is 2.59. The molecule has 1 unspecified atom stereocenters. The standard InChI is InChI=1S/C18H30N2O3.2ClH/c1-3-4-13-23-15-16(21)14-19-9-11-20(12-10-19)17-7-5-6-8-18(17)22-2;;/h5-8,16,21H,3-4,9-15H2,1-2H3;2*1H. The third kappa shape index (κ3) is 8.01. The number of unbranched alkanes of at least 4 members (excludes halogenated alkanes) is 1. The Kier molecular flexibility index (Phi) is 13.1. The van der Waals surface area contributed by atoms with Gasteiger partial charge in [0.25, 0.3) is 0 Å². The van der Waals surface area contributed by atoms with Gasteiger partial charge in [-0.1, -0.05) is 25.5 Å². The van der Waals surface area contributed by atoms with Gasteiger partial charge < -0.3 is 19.5 Å². The van der Waals surface area contributed by atoms with E-state index in [0.717, 1.165) is 57.1 Å². The summed E-state index contributed by atoms with van der Waals surface area (Å²) < 4.78 is 10.9. The van der Waals surface area contributed by atoms with Crippen LogP contribution in [0.1, 0.15) is 19.8 Å². The number of methoxy groups -OCH3 is 1. The maximum absolute atomic E-state index is 10.1. The summed E-state index contributed by atoms with van der Waals surface area (Å²) in [5.74, 6) is 0.922. The smallest absolute Gasteiger partial charge is 0.142 e. The fraction of sp³-hybridized carbons (Fsp3) is 0.667. The lowest BCUT2D eigenvalue weighted by Gasteiger charge is -2.37. The van der Waals surface area contributed by atoms with Crippen molar-refractivity contribution < 1.29 is 14.6 Å². The second-order valence-corrected chi connectivity index (χ2v) is 6.04. The fourth-order valence-electron chi connectivity index (χ4n) is 2.88. The highest BCUT2D eigenvalue weighted by Crippen LogP contribution is 2.28. The molecule has 1 aromatic rings. The van der Waals surface area contributed by atoms with Crippen molar-refractivity contribution in [3.8, 4) is 5.75 Å². The van der Waals surface area contributed by atoms with Crippen LogP contribution < -0.4 is 9.64 Å². The number of benzene rings is 1. The summed E-state index contributed by atoms with van der Waals surface area (Å²) in [4.78, 5) is 4.65. The normalized spacial score (nSPS) is 15.9. The van der Waals surface area contributed by atoms with Crippen LogP contribution >= 0.6 is 24.8 Å². The van der Waals surface area contributed by atoms with Gasteiger partial charge in [0.05, 0.1) is 25.5 Å². The molecular weight excluding hydrogens is 363 g/mol. The van der Waals surface area contributed by atoms with Gasteiger partial charge in [-0.15, -0.1) is 24.8 Å². The Morgan fingerprint density at radius 1 is 1.12 bits per heavy atom. The number of β-amino-alcohol motifs (C(OH)–C–C–N with tert-alkyl or cyclic N) is 1. The first-order chi connectivity index (χ1) is 11.2. The van der Waals surface area contributed by atoms with Gasteiger partial charge in [0, 0.05) is 39.3 Å². The van der Waals surface area contributed by atoms with E-state index >= 15 is 0 Å². The van der Waals surface area contributed by atoms with Crippen LogP contribution in [0.2, 0.25) is 0 Å². The predicted molar refractivity (Wildman–Crippen MR) is 108 cm³/mol. The second kappa shape index (κ2) is 13.5. The van der Waals surface area contributed by atoms with Crippen LogP contribution in [0.25, 0.3) is 0 Å². The molecule has 146 valence electrons. The first kappa shape index (κ1) is 24.3. The summed E-state index contributed by atoms with van der Waals surface area (Å²) in [6.07, 6.45) is 1.79.